The predicted octanol–water partition coefficient (Wildman–Crippen LogP) is 3.55. The summed E-state index contributed by atoms with van der Waals surface area (Å²) >= 11 is 0. The van der Waals surface area contributed by atoms with Gasteiger partial charge in [0.15, 0.2) is 6.10 Å². The Morgan fingerprint density at radius 3 is 2.24 bits per heavy atom. The van der Waals surface area contributed by atoms with Gasteiger partial charge in [0.05, 0.1) is 12.2 Å². The summed E-state index contributed by atoms with van der Waals surface area (Å²) in [6.07, 6.45) is -1.15. The van der Waals surface area contributed by atoms with Crippen molar-refractivity contribution in [3.05, 3.63) is 59.7 Å². The van der Waals surface area contributed by atoms with E-state index in [1.165, 1.54) is 6.92 Å². The number of rotatable bonds is 6. The normalized spacial score (nSPS) is 11.5. The van der Waals surface area contributed by atoms with E-state index in [1.807, 2.05) is 6.92 Å². The second-order valence-electron chi connectivity index (χ2n) is 5.15. The van der Waals surface area contributed by atoms with Gasteiger partial charge in [0.2, 0.25) is 0 Å². The highest BCUT2D eigenvalue weighted by Crippen LogP contribution is 2.16. The van der Waals surface area contributed by atoms with Crippen molar-refractivity contribution < 1.29 is 27.8 Å². The second kappa shape index (κ2) is 8.23. The van der Waals surface area contributed by atoms with Crippen LogP contribution < -0.4 is 10.1 Å². The van der Waals surface area contributed by atoms with Gasteiger partial charge in [0, 0.05) is 11.8 Å². The Balaban J connectivity index is 1.96. The van der Waals surface area contributed by atoms with Crippen LogP contribution in [0.5, 0.6) is 5.75 Å². The molecule has 0 fully saturated rings. The fraction of sp³-hybridized carbons (Fsp3) is 0.222. The quantitative estimate of drug-likeness (QED) is 0.810. The Morgan fingerprint density at radius 2 is 1.68 bits per heavy atom. The van der Waals surface area contributed by atoms with Gasteiger partial charge in [-0.05, 0) is 50.2 Å². The molecule has 0 radical (unpaired) electrons. The molecule has 2 aromatic rings. The highest BCUT2D eigenvalue weighted by molar-refractivity contribution is 5.97. The summed E-state index contributed by atoms with van der Waals surface area (Å²) in [7, 11) is 0. The van der Waals surface area contributed by atoms with Crippen LogP contribution in [0, 0.1) is 11.6 Å². The van der Waals surface area contributed by atoms with Crippen LogP contribution in [0.1, 0.15) is 24.2 Å². The van der Waals surface area contributed by atoms with Gasteiger partial charge in [-0.2, -0.15) is 0 Å². The molecule has 0 spiro atoms. The van der Waals surface area contributed by atoms with Gasteiger partial charge in [-0.15, -0.1) is 0 Å². The lowest BCUT2D eigenvalue weighted by Crippen LogP contribution is -2.30. The molecule has 0 aliphatic heterocycles. The molecule has 0 bridgehead atoms. The average Bonchev–Trinajstić information content (AvgIpc) is 2.55. The number of nitrogens with one attached hydrogen (secondary N) is 1. The Labute approximate surface area is 143 Å². The van der Waals surface area contributed by atoms with Crippen molar-refractivity contribution in [2.75, 3.05) is 11.9 Å². The number of halogens is 2. The molecule has 7 heteroatoms. The summed E-state index contributed by atoms with van der Waals surface area (Å²) < 4.78 is 36.5. The first kappa shape index (κ1) is 18.4. The van der Waals surface area contributed by atoms with Crippen LogP contribution in [0.15, 0.2) is 42.5 Å². The Morgan fingerprint density at radius 1 is 1.08 bits per heavy atom. The van der Waals surface area contributed by atoms with Crippen LogP contribution in [0.4, 0.5) is 14.5 Å². The van der Waals surface area contributed by atoms with Gasteiger partial charge >= 0.3 is 5.97 Å². The molecule has 2 aromatic carbocycles. The number of amides is 1. The third kappa shape index (κ3) is 5.27. The van der Waals surface area contributed by atoms with Crippen LogP contribution in [0.25, 0.3) is 0 Å². The summed E-state index contributed by atoms with van der Waals surface area (Å²) in [6, 6.07) is 8.96. The summed E-state index contributed by atoms with van der Waals surface area (Å²) in [5, 5.41) is 2.57. The van der Waals surface area contributed by atoms with E-state index in [2.05, 4.69) is 5.32 Å². The van der Waals surface area contributed by atoms with Crippen molar-refractivity contribution >= 4 is 17.6 Å². The first-order valence-electron chi connectivity index (χ1n) is 7.60. The minimum absolute atomic E-state index is 0.307. The van der Waals surface area contributed by atoms with Crippen LogP contribution in [-0.4, -0.2) is 24.6 Å². The first-order chi connectivity index (χ1) is 11.9. The highest BCUT2D eigenvalue weighted by Gasteiger charge is 2.20. The van der Waals surface area contributed by atoms with Crippen molar-refractivity contribution in [1.82, 2.24) is 0 Å². The van der Waals surface area contributed by atoms with Gasteiger partial charge in [-0.3, -0.25) is 4.79 Å². The number of benzene rings is 2. The molecule has 1 N–H and O–H groups in total. The van der Waals surface area contributed by atoms with Gasteiger partial charge < -0.3 is 14.8 Å². The fourth-order valence-electron chi connectivity index (χ4n) is 2.00. The van der Waals surface area contributed by atoms with E-state index in [-0.39, 0.29) is 5.56 Å². The Bertz CT molecular complexity index is 742. The maximum atomic E-state index is 13.1. The van der Waals surface area contributed by atoms with Crippen molar-refractivity contribution in [1.29, 1.82) is 0 Å². The van der Waals surface area contributed by atoms with E-state index in [4.69, 9.17) is 9.47 Å². The average molecular weight is 349 g/mol. The van der Waals surface area contributed by atoms with E-state index in [1.54, 1.807) is 24.3 Å². The molecule has 132 valence electrons. The zero-order valence-electron chi connectivity index (χ0n) is 13.7. The van der Waals surface area contributed by atoms with Crippen LogP contribution >= 0.6 is 0 Å². The molecular formula is C18H17F2NO4. The molecule has 0 aliphatic carbocycles. The molecule has 0 saturated heterocycles. The molecule has 1 amide bonds. The van der Waals surface area contributed by atoms with Crippen LogP contribution in [0.3, 0.4) is 0 Å². The minimum Gasteiger partial charge on any atom is -0.494 e. The van der Waals surface area contributed by atoms with Gasteiger partial charge in [-0.1, -0.05) is 0 Å². The van der Waals surface area contributed by atoms with E-state index in [0.29, 0.717) is 24.1 Å². The lowest BCUT2D eigenvalue weighted by atomic mass is 10.2. The summed E-state index contributed by atoms with van der Waals surface area (Å²) in [4.78, 5) is 23.9. The van der Waals surface area contributed by atoms with Crippen molar-refractivity contribution in [2.24, 2.45) is 0 Å². The summed E-state index contributed by atoms with van der Waals surface area (Å²) in [6.45, 7) is 3.74. The number of hydrogen-bond donors (Lipinski definition) is 1. The molecular weight excluding hydrogens is 332 g/mol. The monoisotopic (exact) mass is 349 g/mol. The molecule has 0 aromatic heterocycles. The van der Waals surface area contributed by atoms with E-state index in [0.717, 1.165) is 12.1 Å². The van der Waals surface area contributed by atoms with Gasteiger partial charge in [0.1, 0.15) is 17.4 Å². The zero-order valence-corrected chi connectivity index (χ0v) is 13.7. The molecule has 1 atom stereocenters. The number of ether oxygens (including phenoxy) is 2. The SMILES string of the molecule is CCOc1ccc(NC(=O)C(C)OC(=O)c2cc(F)cc(F)c2)cc1. The Hall–Kier alpha value is -2.96. The van der Waals surface area contributed by atoms with E-state index >= 15 is 0 Å². The summed E-state index contributed by atoms with van der Waals surface area (Å²) in [5.74, 6) is -2.72. The smallest absolute Gasteiger partial charge is 0.339 e. The second-order valence-corrected chi connectivity index (χ2v) is 5.15. The highest BCUT2D eigenvalue weighted by atomic mass is 19.1. The van der Waals surface area contributed by atoms with Gasteiger partial charge in [-0.25, -0.2) is 13.6 Å². The maximum Gasteiger partial charge on any atom is 0.339 e. The number of anilines is 1. The third-order valence-corrected chi connectivity index (χ3v) is 3.18. The number of esters is 1. The van der Waals surface area contributed by atoms with E-state index < -0.39 is 29.6 Å². The largest absolute Gasteiger partial charge is 0.494 e. The molecule has 1 unspecified atom stereocenters. The topological polar surface area (TPSA) is 64.6 Å². The minimum atomic E-state index is -1.15. The molecule has 0 aliphatic rings. The lowest BCUT2D eigenvalue weighted by molar-refractivity contribution is -0.123. The number of carbonyl (C=O) groups excluding carboxylic acids is 2. The molecule has 25 heavy (non-hydrogen) atoms. The number of hydrogen-bond acceptors (Lipinski definition) is 4. The Kier molecular flexibility index (Phi) is 6.05. The number of carbonyl (C=O) groups is 2. The fourth-order valence-corrected chi connectivity index (χ4v) is 2.00. The van der Waals surface area contributed by atoms with Crippen LogP contribution in [-0.2, 0) is 9.53 Å². The first-order valence-corrected chi connectivity index (χ1v) is 7.60. The molecule has 0 heterocycles. The third-order valence-electron chi connectivity index (χ3n) is 3.18. The van der Waals surface area contributed by atoms with Gasteiger partial charge in [0.25, 0.3) is 5.91 Å². The standard InChI is InChI=1S/C18H17F2NO4/c1-3-24-16-6-4-15(5-7-16)21-17(22)11(2)25-18(23)12-8-13(19)10-14(20)9-12/h4-11H,3H2,1-2H3,(H,21,22). The molecule has 0 saturated carbocycles. The predicted molar refractivity (Wildman–Crippen MR) is 87.5 cm³/mol. The zero-order chi connectivity index (χ0) is 18.4. The summed E-state index contributed by atoms with van der Waals surface area (Å²) in [5.41, 5.74) is 0.186. The lowest BCUT2D eigenvalue weighted by Gasteiger charge is -2.14. The van der Waals surface area contributed by atoms with Crippen molar-refractivity contribution in [2.45, 2.75) is 20.0 Å². The molecule has 5 nitrogen and oxygen atoms in total. The molecule has 2 rings (SSSR count). The van der Waals surface area contributed by atoms with Crippen molar-refractivity contribution in [3.8, 4) is 5.75 Å². The maximum absolute atomic E-state index is 13.1. The van der Waals surface area contributed by atoms with E-state index in [9.17, 15) is 18.4 Å². The van der Waals surface area contributed by atoms with Crippen LogP contribution in [0.2, 0.25) is 0 Å². The van der Waals surface area contributed by atoms with Crippen molar-refractivity contribution in [3.63, 3.8) is 0 Å².